The number of halogens is 2. The lowest BCUT2D eigenvalue weighted by atomic mass is 9.43. The topological polar surface area (TPSA) is 52.6 Å². The van der Waals surface area contributed by atoms with E-state index in [9.17, 15) is 18.4 Å². The molecule has 0 amide bonds. The molecular formula is C23H28F2O4. The van der Waals surface area contributed by atoms with Gasteiger partial charge >= 0.3 is 18.4 Å². The monoisotopic (exact) mass is 406 g/mol. The third kappa shape index (κ3) is 4.17. The number of alkyl halides is 2. The van der Waals surface area contributed by atoms with Crippen LogP contribution in [0, 0.1) is 24.2 Å². The maximum Gasteiger partial charge on any atom is 0.373 e. The summed E-state index contributed by atoms with van der Waals surface area (Å²) in [5.41, 5.74) is 2.85. The van der Waals surface area contributed by atoms with E-state index in [2.05, 4.69) is 35.9 Å². The lowest BCUT2D eigenvalue weighted by molar-refractivity contribution is -0.163. The molecule has 2 atom stereocenters. The van der Waals surface area contributed by atoms with Gasteiger partial charge < -0.3 is 9.47 Å². The third-order valence-corrected chi connectivity index (χ3v) is 7.11. The molecule has 1 aromatic rings. The summed E-state index contributed by atoms with van der Waals surface area (Å²) in [6.45, 7) is 2.10. The number of rotatable bonds is 7. The fourth-order valence-electron chi connectivity index (χ4n) is 6.47. The minimum atomic E-state index is -3.17. The van der Waals surface area contributed by atoms with Gasteiger partial charge in [0.25, 0.3) is 0 Å². The third-order valence-electron chi connectivity index (χ3n) is 7.11. The first-order chi connectivity index (χ1) is 13.8. The molecule has 0 radical (unpaired) electrons. The van der Waals surface area contributed by atoms with E-state index < -0.39 is 18.4 Å². The molecule has 0 aliphatic heterocycles. The highest BCUT2D eigenvalue weighted by molar-refractivity contribution is 5.74. The van der Waals surface area contributed by atoms with Crippen molar-refractivity contribution in [1.82, 2.24) is 0 Å². The Morgan fingerprint density at radius 3 is 2.34 bits per heavy atom. The van der Waals surface area contributed by atoms with Crippen LogP contribution in [0.3, 0.4) is 0 Å². The van der Waals surface area contributed by atoms with Crippen LogP contribution in [0.1, 0.15) is 56.1 Å². The summed E-state index contributed by atoms with van der Waals surface area (Å²) in [5.74, 6) is -0.752. The highest BCUT2D eigenvalue weighted by atomic mass is 19.3. The minimum absolute atomic E-state index is 0.00424. The van der Waals surface area contributed by atoms with Gasteiger partial charge in [0.05, 0.1) is 13.0 Å². The van der Waals surface area contributed by atoms with Crippen LogP contribution in [0.25, 0.3) is 0 Å². The molecule has 0 heterocycles. The smallest absolute Gasteiger partial charge is 0.373 e. The number of carbonyl (C=O) groups is 2. The van der Waals surface area contributed by atoms with Crippen LogP contribution in [0.5, 0.6) is 0 Å². The lowest BCUT2D eigenvalue weighted by Crippen LogP contribution is -2.55. The van der Waals surface area contributed by atoms with E-state index in [0.29, 0.717) is 18.4 Å². The molecule has 2 unspecified atom stereocenters. The summed E-state index contributed by atoms with van der Waals surface area (Å²) in [7, 11) is 0. The molecule has 0 N–H and O–H groups in total. The van der Waals surface area contributed by atoms with Crippen molar-refractivity contribution in [3.63, 3.8) is 0 Å². The van der Waals surface area contributed by atoms with E-state index in [0.717, 1.165) is 19.3 Å². The minimum Gasteiger partial charge on any atom is -0.465 e. The Bertz CT molecular complexity index is 760. The molecule has 0 saturated heterocycles. The van der Waals surface area contributed by atoms with Gasteiger partial charge in [-0.1, -0.05) is 29.8 Å². The molecule has 4 fully saturated rings. The fraction of sp³-hybridized carbons (Fsp3) is 0.652. The molecular weight excluding hydrogens is 378 g/mol. The molecule has 6 heteroatoms. The van der Waals surface area contributed by atoms with Crippen molar-refractivity contribution >= 4 is 11.9 Å². The van der Waals surface area contributed by atoms with Crippen LogP contribution in [-0.4, -0.2) is 31.6 Å². The number of hydrogen-bond donors (Lipinski definition) is 0. The number of esters is 2. The van der Waals surface area contributed by atoms with Crippen LogP contribution in [-0.2, 0) is 24.5 Å². The number of ether oxygens (including phenoxy) is 2. The standard InChI is InChI=1S/C23H28F2O4/c1-15-2-4-18(5-3-15)23-11-16-8-17(12-23)10-22(9-16,13-23)14-29-19(26)6-7-28-21(27)20(24)25/h2-5,16-17,20H,6-14H2,1H3. The van der Waals surface area contributed by atoms with Gasteiger partial charge in [-0.05, 0) is 68.3 Å². The van der Waals surface area contributed by atoms with Gasteiger partial charge in [-0.25, -0.2) is 4.79 Å². The maximum absolute atomic E-state index is 12.1. The van der Waals surface area contributed by atoms with Gasteiger partial charge in [-0.2, -0.15) is 8.78 Å². The summed E-state index contributed by atoms with van der Waals surface area (Å²) in [6, 6.07) is 8.89. The summed E-state index contributed by atoms with van der Waals surface area (Å²) >= 11 is 0. The zero-order valence-electron chi connectivity index (χ0n) is 16.8. The highest BCUT2D eigenvalue weighted by Gasteiger charge is 2.58. The van der Waals surface area contributed by atoms with Crippen molar-refractivity contribution in [3.05, 3.63) is 35.4 Å². The Morgan fingerprint density at radius 2 is 1.72 bits per heavy atom. The van der Waals surface area contributed by atoms with Gasteiger partial charge in [0.1, 0.15) is 6.61 Å². The second-order valence-electron chi connectivity index (χ2n) is 9.49. The number of carbonyl (C=O) groups excluding carboxylic acids is 2. The molecule has 0 aromatic heterocycles. The summed E-state index contributed by atoms with van der Waals surface area (Å²) in [5, 5.41) is 0. The Hall–Kier alpha value is -1.98. The van der Waals surface area contributed by atoms with Crippen LogP contribution in [0.4, 0.5) is 8.78 Å². The first-order valence-electron chi connectivity index (χ1n) is 10.5. The van der Waals surface area contributed by atoms with E-state index in [1.807, 2.05) is 0 Å². The molecule has 1 aromatic carbocycles. The molecule has 0 spiro atoms. The van der Waals surface area contributed by atoms with Gasteiger partial charge in [0.2, 0.25) is 0 Å². The molecule has 4 aliphatic rings. The molecule has 4 saturated carbocycles. The van der Waals surface area contributed by atoms with Crippen LogP contribution in [0.2, 0.25) is 0 Å². The zero-order chi connectivity index (χ0) is 20.6. The average molecular weight is 406 g/mol. The zero-order valence-corrected chi connectivity index (χ0v) is 16.8. The molecule has 158 valence electrons. The summed E-state index contributed by atoms with van der Waals surface area (Å²) in [4.78, 5) is 22.9. The Morgan fingerprint density at radius 1 is 1.07 bits per heavy atom. The van der Waals surface area contributed by atoms with E-state index in [1.54, 1.807) is 0 Å². The Labute approximate surface area is 169 Å². The molecule has 29 heavy (non-hydrogen) atoms. The summed E-state index contributed by atoms with van der Waals surface area (Å²) in [6.07, 6.45) is 3.55. The lowest BCUT2D eigenvalue weighted by Gasteiger charge is -2.62. The average Bonchev–Trinajstić information content (AvgIpc) is 2.65. The number of hydrogen-bond acceptors (Lipinski definition) is 4. The molecule has 5 rings (SSSR count). The normalized spacial score (nSPS) is 32.4. The predicted molar refractivity (Wildman–Crippen MR) is 103 cm³/mol. The van der Waals surface area contributed by atoms with Crippen molar-refractivity contribution in [2.45, 2.75) is 63.7 Å². The largest absolute Gasteiger partial charge is 0.465 e. The van der Waals surface area contributed by atoms with E-state index >= 15 is 0 Å². The summed E-state index contributed by atoms with van der Waals surface area (Å²) < 4.78 is 34.2. The van der Waals surface area contributed by atoms with E-state index in [4.69, 9.17) is 4.74 Å². The quantitative estimate of drug-likeness (QED) is 0.622. The number of benzene rings is 1. The Kier molecular flexibility index (Phi) is 5.38. The van der Waals surface area contributed by atoms with Crippen molar-refractivity contribution < 1.29 is 27.8 Å². The number of aryl methyl sites for hydroxylation is 1. The van der Waals surface area contributed by atoms with Gasteiger partial charge in [-0.15, -0.1) is 0 Å². The van der Waals surface area contributed by atoms with E-state index in [-0.39, 0.29) is 23.9 Å². The van der Waals surface area contributed by atoms with Crippen molar-refractivity contribution in [2.75, 3.05) is 13.2 Å². The van der Waals surface area contributed by atoms with Gasteiger partial charge in [0, 0.05) is 5.41 Å². The first kappa shape index (κ1) is 20.3. The van der Waals surface area contributed by atoms with Crippen LogP contribution >= 0.6 is 0 Å². The second-order valence-corrected chi connectivity index (χ2v) is 9.49. The first-order valence-corrected chi connectivity index (χ1v) is 10.5. The van der Waals surface area contributed by atoms with Gasteiger partial charge in [0.15, 0.2) is 0 Å². The SMILES string of the molecule is Cc1ccc(C23CC4CC(CC(COC(=O)CCOC(=O)C(F)F)(C4)C2)C3)cc1. The fourth-order valence-corrected chi connectivity index (χ4v) is 6.47. The van der Waals surface area contributed by atoms with Crippen LogP contribution in [0.15, 0.2) is 24.3 Å². The van der Waals surface area contributed by atoms with Crippen molar-refractivity contribution in [2.24, 2.45) is 17.3 Å². The van der Waals surface area contributed by atoms with Crippen molar-refractivity contribution in [3.8, 4) is 0 Å². The highest BCUT2D eigenvalue weighted by Crippen LogP contribution is 2.65. The predicted octanol–water partition coefficient (Wildman–Crippen LogP) is 4.57. The second kappa shape index (κ2) is 7.69. The van der Waals surface area contributed by atoms with E-state index in [1.165, 1.54) is 30.4 Å². The molecule has 4 nitrogen and oxygen atoms in total. The molecule has 4 bridgehead atoms. The van der Waals surface area contributed by atoms with Crippen LogP contribution < -0.4 is 0 Å². The molecule has 4 aliphatic carbocycles. The van der Waals surface area contributed by atoms with Gasteiger partial charge in [-0.3, -0.25) is 4.79 Å². The van der Waals surface area contributed by atoms with Crippen molar-refractivity contribution in [1.29, 1.82) is 0 Å². The maximum atomic E-state index is 12.1. The Balaban J connectivity index is 1.38.